The van der Waals surface area contributed by atoms with Gasteiger partial charge in [-0.2, -0.15) is 5.26 Å². The first-order valence-corrected chi connectivity index (χ1v) is 3.94. The highest BCUT2D eigenvalue weighted by Crippen LogP contribution is 2.18. The fourth-order valence-electron chi connectivity index (χ4n) is 1.17. The van der Waals surface area contributed by atoms with Crippen LogP contribution in [0.15, 0.2) is 24.4 Å². The van der Waals surface area contributed by atoms with Crippen molar-refractivity contribution in [1.82, 2.24) is 9.88 Å². The standard InChI is InChI=1S/C9H9N3/c10-5-9-7-12(9)6-8-3-1-2-4-11-8/h1-4,9H,6-7H2. The Labute approximate surface area is 71.3 Å². The van der Waals surface area contributed by atoms with Crippen LogP contribution in [0.2, 0.25) is 0 Å². The van der Waals surface area contributed by atoms with Crippen LogP contribution >= 0.6 is 0 Å². The Morgan fingerprint density at radius 3 is 3.17 bits per heavy atom. The predicted molar refractivity (Wildman–Crippen MR) is 44.0 cm³/mol. The Bertz CT molecular complexity index is 301. The van der Waals surface area contributed by atoms with Crippen LogP contribution in [0, 0.1) is 11.3 Å². The first-order valence-electron chi connectivity index (χ1n) is 3.94. The summed E-state index contributed by atoms with van der Waals surface area (Å²) in [5.41, 5.74) is 1.04. The number of pyridine rings is 1. The van der Waals surface area contributed by atoms with Gasteiger partial charge in [0.2, 0.25) is 0 Å². The average Bonchev–Trinajstić information content (AvgIpc) is 2.85. The van der Waals surface area contributed by atoms with Gasteiger partial charge in [-0.15, -0.1) is 0 Å². The number of aromatic nitrogens is 1. The molecular weight excluding hydrogens is 150 g/mol. The quantitative estimate of drug-likeness (QED) is 0.599. The van der Waals surface area contributed by atoms with Gasteiger partial charge in [-0.1, -0.05) is 6.07 Å². The van der Waals surface area contributed by atoms with Crippen molar-refractivity contribution in [2.75, 3.05) is 6.54 Å². The summed E-state index contributed by atoms with van der Waals surface area (Å²) >= 11 is 0. The second-order valence-corrected chi connectivity index (χ2v) is 2.90. The average molecular weight is 159 g/mol. The molecule has 1 aliphatic rings. The molecular formula is C9H9N3. The number of rotatable bonds is 2. The van der Waals surface area contributed by atoms with Crippen LogP contribution < -0.4 is 0 Å². The summed E-state index contributed by atoms with van der Waals surface area (Å²) in [5.74, 6) is 0. The first kappa shape index (κ1) is 7.26. The third-order valence-electron chi connectivity index (χ3n) is 1.95. The van der Waals surface area contributed by atoms with E-state index in [4.69, 9.17) is 5.26 Å². The molecule has 0 spiro atoms. The van der Waals surface area contributed by atoms with Crippen LogP contribution in [0.4, 0.5) is 0 Å². The van der Waals surface area contributed by atoms with Crippen molar-refractivity contribution in [3.63, 3.8) is 0 Å². The number of nitrogens with zero attached hydrogens (tertiary/aromatic N) is 3. The lowest BCUT2D eigenvalue weighted by Gasteiger charge is -1.98. The number of hydrogen-bond acceptors (Lipinski definition) is 3. The molecule has 0 saturated carbocycles. The molecule has 1 aromatic heterocycles. The number of nitriles is 1. The summed E-state index contributed by atoms with van der Waals surface area (Å²) in [6.45, 7) is 1.70. The van der Waals surface area contributed by atoms with E-state index in [1.165, 1.54) is 0 Å². The van der Waals surface area contributed by atoms with Crippen molar-refractivity contribution in [3.05, 3.63) is 30.1 Å². The summed E-state index contributed by atoms with van der Waals surface area (Å²) in [6, 6.07) is 8.18. The zero-order valence-corrected chi connectivity index (χ0v) is 6.64. The third kappa shape index (κ3) is 1.44. The highest BCUT2D eigenvalue weighted by Gasteiger charge is 2.33. The van der Waals surface area contributed by atoms with Gasteiger partial charge in [0.1, 0.15) is 6.04 Å². The lowest BCUT2D eigenvalue weighted by molar-refractivity contribution is 0.523. The summed E-state index contributed by atoms with van der Waals surface area (Å²) in [7, 11) is 0. The summed E-state index contributed by atoms with van der Waals surface area (Å²) < 4.78 is 0. The van der Waals surface area contributed by atoms with Crippen molar-refractivity contribution in [2.24, 2.45) is 0 Å². The lowest BCUT2D eigenvalue weighted by atomic mass is 10.3. The molecule has 0 aromatic carbocycles. The molecule has 3 nitrogen and oxygen atoms in total. The van der Waals surface area contributed by atoms with E-state index in [0.29, 0.717) is 0 Å². The fourth-order valence-corrected chi connectivity index (χ4v) is 1.17. The maximum absolute atomic E-state index is 8.54. The van der Waals surface area contributed by atoms with Crippen LogP contribution in [0.25, 0.3) is 0 Å². The third-order valence-corrected chi connectivity index (χ3v) is 1.95. The van der Waals surface area contributed by atoms with Crippen LogP contribution in [0.5, 0.6) is 0 Å². The van der Waals surface area contributed by atoms with E-state index < -0.39 is 0 Å². The fraction of sp³-hybridized carbons (Fsp3) is 0.333. The molecule has 2 unspecified atom stereocenters. The van der Waals surface area contributed by atoms with Crippen LogP contribution in [-0.4, -0.2) is 22.5 Å². The van der Waals surface area contributed by atoms with Crippen LogP contribution in [0.1, 0.15) is 5.69 Å². The molecule has 0 N–H and O–H groups in total. The van der Waals surface area contributed by atoms with Gasteiger partial charge in [0.05, 0.1) is 11.8 Å². The Hall–Kier alpha value is -1.40. The Morgan fingerprint density at radius 1 is 1.67 bits per heavy atom. The first-order chi connectivity index (χ1) is 5.90. The molecule has 60 valence electrons. The van der Waals surface area contributed by atoms with E-state index in [9.17, 15) is 0 Å². The van der Waals surface area contributed by atoms with E-state index >= 15 is 0 Å². The van der Waals surface area contributed by atoms with Crippen LogP contribution in [-0.2, 0) is 6.54 Å². The maximum atomic E-state index is 8.54. The van der Waals surface area contributed by atoms with Crippen molar-refractivity contribution < 1.29 is 0 Å². The molecule has 1 saturated heterocycles. The minimum absolute atomic E-state index is 0.131. The zero-order valence-electron chi connectivity index (χ0n) is 6.64. The molecule has 1 aliphatic heterocycles. The highest BCUT2D eigenvalue weighted by molar-refractivity contribution is 5.10. The van der Waals surface area contributed by atoms with Crippen molar-refractivity contribution >= 4 is 0 Å². The SMILES string of the molecule is N#CC1CN1Cc1ccccn1. The lowest BCUT2D eigenvalue weighted by Crippen LogP contribution is -2.01. The monoisotopic (exact) mass is 159 g/mol. The van der Waals surface area contributed by atoms with Gasteiger partial charge in [-0.05, 0) is 12.1 Å². The summed E-state index contributed by atoms with van der Waals surface area (Å²) in [4.78, 5) is 6.26. The van der Waals surface area contributed by atoms with E-state index in [1.54, 1.807) is 6.20 Å². The topological polar surface area (TPSA) is 39.7 Å². The molecule has 1 fully saturated rings. The Kier molecular flexibility index (Phi) is 1.77. The van der Waals surface area contributed by atoms with Gasteiger partial charge >= 0.3 is 0 Å². The Morgan fingerprint density at radius 2 is 2.58 bits per heavy atom. The summed E-state index contributed by atoms with van der Waals surface area (Å²) in [5, 5.41) is 8.54. The van der Waals surface area contributed by atoms with E-state index in [0.717, 1.165) is 18.8 Å². The van der Waals surface area contributed by atoms with E-state index in [2.05, 4.69) is 16.0 Å². The minimum Gasteiger partial charge on any atom is -0.278 e. The largest absolute Gasteiger partial charge is 0.278 e. The maximum Gasteiger partial charge on any atom is 0.111 e. The molecule has 12 heavy (non-hydrogen) atoms. The summed E-state index contributed by atoms with van der Waals surface area (Å²) in [6.07, 6.45) is 1.78. The predicted octanol–water partition coefficient (Wildman–Crippen LogP) is 0.789. The Balaban J connectivity index is 1.95. The van der Waals surface area contributed by atoms with Crippen molar-refractivity contribution in [1.29, 1.82) is 5.26 Å². The van der Waals surface area contributed by atoms with Crippen molar-refractivity contribution in [3.8, 4) is 6.07 Å². The molecule has 0 bridgehead atoms. The molecule has 1 aromatic rings. The zero-order chi connectivity index (χ0) is 8.39. The van der Waals surface area contributed by atoms with Gasteiger partial charge in [-0.25, -0.2) is 0 Å². The van der Waals surface area contributed by atoms with Crippen molar-refractivity contribution in [2.45, 2.75) is 12.6 Å². The molecule has 2 atom stereocenters. The number of hydrogen-bond donors (Lipinski definition) is 0. The highest BCUT2D eigenvalue weighted by atomic mass is 15.3. The van der Waals surface area contributed by atoms with Gasteiger partial charge in [0, 0.05) is 19.3 Å². The molecule has 3 heteroatoms. The van der Waals surface area contributed by atoms with Gasteiger partial charge in [-0.3, -0.25) is 9.88 Å². The van der Waals surface area contributed by atoms with Gasteiger partial charge in [0.15, 0.2) is 0 Å². The molecule has 2 rings (SSSR count). The van der Waals surface area contributed by atoms with Gasteiger partial charge in [0.25, 0.3) is 0 Å². The smallest absolute Gasteiger partial charge is 0.111 e. The van der Waals surface area contributed by atoms with Gasteiger partial charge < -0.3 is 0 Å². The van der Waals surface area contributed by atoms with E-state index in [1.807, 2.05) is 18.2 Å². The van der Waals surface area contributed by atoms with E-state index in [-0.39, 0.29) is 6.04 Å². The molecule has 0 aliphatic carbocycles. The second kappa shape index (κ2) is 2.92. The molecule has 0 amide bonds. The second-order valence-electron chi connectivity index (χ2n) is 2.90. The van der Waals surface area contributed by atoms with Crippen LogP contribution in [0.3, 0.4) is 0 Å². The minimum atomic E-state index is 0.131. The molecule has 0 radical (unpaired) electrons. The normalized spacial score (nSPS) is 26.2. The molecule has 2 heterocycles.